The van der Waals surface area contributed by atoms with Crippen LogP contribution in [0.3, 0.4) is 0 Å². The zero-order chi connectivity index (χ0) is 8.48. The Labute approximate surface area is 64.2 Å². The highest BCUT2D eigenvalue weighted by Gasteiger charge is 2.34. The van der Waals surface area contributed by atoms with E-state index in [1.165, 1.54) is 4.90 Å². The number of nitrogens with zero attached hydrogens (tertiary/aromatic N) is 1. The molecule has 4 heteroatoms. The summed E-state index contributed by atoms with van der Waals surface area (Å²) in [4.78, 5) is 1.49. The fourth-order valence-corrected chi connectivity index (χ4v) is 1.46. The van der Waals surface area contributed by atoms with Gasteiger partial charge in [-0.15, -0.1) is 0 Å². The van der Waals surface area contributed by atoms with E-state index >= 15 is 0 Å². The molecule has 1 atom stereocenters. The molecular weight excluding hydrogens is 155 g/mol. The fourth-order valence-electron chi connectivity index (χ4n) is 1.46. The summed E-state index contributed by atoms with van der Waals surface area (Å²) in [5.41, 5.74) is 0. The molecule has 0 N–H and O–H groups in total. The van der Waals surface area contributed by atoms with Gasteiger partial charge < -0.3 is 0 Å². The highest BCUT2D eigenvalue weighted by molar-refractivity contribution is 4.76. The molecule has 0 amide bonds. The zero-order valence-corrected chi connectivity index (χ0v) is 6.49. The molecule has 1 saturated heterocycles. The lowest BCUT2D eigenvalue weighted by Crippen LogP contribution is -2.36. The Hall–Kier alpha value is -0.250. The van der Waals surface area contributed by atoms with Crippen molar-refractivity contribution in [1.29, 1.82) is 0 Å². The standard InChI is InChI=1S/C7H12F3N/c1-6-3-2-4-11(6)5-7(8,9)10/h6H,2-5H2,1H3. The summed E-state index contributed by atoms with van der Waals surface area (Å²) in [7, 11) is 0. The molecule has 0 bridgehead atoms. The third-order valence-corrected chi connectivity index (χ3v) is 2.07. The van der Waals surface area contributed by atoms with Gasteiger partial charge in [0.15, 0.2) is 0 Å². The van der Waals surface area contributed by atoms with Crippen LogP contribution in [0, 0.1) is 0 Å². The summed E-state index contributed by atoms with van der Waals surface area (Å²) in [6, 6.07) is 0.108. The molecule has 1 heterocycles. The van der Waals surface area contributed by atoms with Crippen LogP contribution >= 0.6 is 0 Å². The van der Waals surface area contributed by atoms with Crippen LogP contribution in [0.1, 0.15) is 19.8 Å². The molecule has 0 saturated carbocycles. The van der Waals surface area contributed by atoms with Gasteiger partial charge in [-0.1, -0.05) is 0 Å². The lowest BCUT2D eigenvalue weighted by molar-refractivity contribution is -0.146. The van der Waals surface area contributed by atoms with Crippen molar-refractivity contribution in [2.75, 3.05) is 13.1 Å². The first kappa shape index (κ1) is 8.84. The lowest BCUT2D eigenvalue weighted by Gasteiger charge is -2.21. The second-order valence-electron chi connectivity index (χ2n) is 3.08. The lowest BCUT2D eigenvalue weighted by atomic mass is 10.2. The van der Waals surface area contributed by atoms with Crippen LogP contribution < -0.4 is 0 Å². The molecule has 1 aliphatic heterocycles. The largest absolute Gasteiger partial charge is 0.401 e. The molecule has 11 heavy (non-hydrogen) atoms. The summed E-state index contributed by atoms with van der Waals surface area (Å²) in [6.45, 7) is 1.70. The minimum absolute atomic E-state index is 0.108. The van der Waals surface area contributed by atoms with E-state index in [9.17, 15) is 13.2 Å². The topological polar surface area (TPSA) is 3.24 Å². The van der Waals surface area contributed by atoms with E-state index < -0.39 is 12.7 Å². The Morgan fingerprint density at radius 2 is 2.09 bits per heavy atom. The summed E-state index contributed by atoms with van der Waals surface area (Å²) in [5.74, 6) is 0. The van der Waals surface area contributed by atoms with Crippen molar-refractivity contribution in [1.82, 2.24) is 4.90 Å². The summed E-state index contributed by atoms with van der Waals surface area (Å²) < 4.78 is 35.5. The zero-order valence-electron chi connectivity index (χ0n) is 6.49. The quantitative estimate of drug-likeness (QED) is 0.577. The highest BCUT2D eigenvalue weighted by Crippen LogP contribution is 2.23. The van der Waals surface area contributed by atoms with Crippen molar-refractivity contribution < 1.29 is 13.2 Å². The molecule has 0 radical (unpaired) electrons. The van der Waals surface area contributed by atoms with Crippen molar-refractivity contribution in [2.45, 2.75) is 32.0 Å². The summed E-state index contributed by atoms with van der Waals surface area (Å²) in [5, 5.41) is 0. The van der Waals surface area contributed by atoms with Gasteiger partial charge in [0.2, 0.25) is 0 Å². The van der Waals surface area contributed by atoms with Crippen LogP contribution in [0.5, 0.6) is 0 Å². The number of alkyl halides is 3. The molecule has 1 fully saturated rings. The maximum atomic E-state index is 11.8. The molecule has 0 aliphatic carbocycles. The molecule has 0 aromatic rings. The van der Waals surface area contributed by atoms with Gasteiger partial charge >= 0.3 is 6.18 Å². The molecule has 66 valence electrons. The Bertz CT molecular complexity index is 132. The van der Waals surface area contributed by atoms with E-state index in [4.69, 9.17) is 0 Å². The van der Waals surface area contributed by atoms with Crippen LogP contribution in [-0.4, -0.2) is 30.2 Å². The third-order valence-electron chi connectivity index (χ3n) is 2.07. The van der Waals surface area contributed by atoms with E-state index in [1.807, 2.05) is 6.92 Å². The van der Waals surface area contributed by atoms with Crippen LogP contribution in [0.2, 0.25) is 0 Å². The normalized spacial score (nSPS) is 27.8. The Morgan fingerprint density at radius 3 is 2.45 bits per heavy atom. The minimum atomic E-state index is -4.03. The molecule has 0 spiro atoms. The summed E-state index contributed by atoms with van der Waals surface area (Å²) >= 11 is 0. The average molecular weight is 167 g/mol. The molecule has 0 aromatic heterocycles. The van der Waals surface area contributed by atoms with Crippen molar-refractivity contribution >= 4 is 0 Å². The predicted octanol–water partition coefficient (Wildman–Crippen LogP) is 2.03. The fraction of sp³-hybridized carbons (Fsp3) is 1.00. The molecule has 1 nitrogen and oxygen atoms in total. The minimum Gasteiger partial charge on any atom is -0.292 e. The first-order valence-corrected chi connectivity index (χ1v) is 3.80. The van der Waals surface area contributed by atoms with Crippen molar-refractivity contribution in [3.8, 4) is 0 Å². The Balaban J connectivity index is 2.37. The first-order valence-electron chi connectivity index (χ1n) is 3.80. The molecule has 0 aromatic carbocycles. The van der Waals surface area contributed by atoms with Crippen LogP contribution in [0.4, 0.5) is 13.2 Å². The number of hydrogen-bond donors (Lipinski definition) is 0. The molecular formula is C7H12F3N. The monoisotopic (exact) mass is 167 g/mol. The van der Waals surface area contributed by atoms with Crippen molar-refractivity contribution in [3.05, 3.63) is 0 Å². The van der Waals surface area contributed by atoms with Gasteiger partial charge in [-0.3, -0.25) is 4.90 Å². The number of halogens is 3. The van der Waals surface area contributed by atoms with E-state index in [0.717, 1.165) is 12.8 Å². The van der Waals surface area contributed by atoms with Crippen LogP contribution in [-0.2, 0) is 0 Å². The Kier molecular flexibility index (Phi) is 2.42. The molecule has 1 rings (SSSR count). The average Bonchev–Trinajstić information content (AvgIpc) is 2.12. The number of likely N-dealkylation sites (tertiary alicyclic amines) is 1. The maximum Gasteiger partial charge on any atom is 0.401 e. The van der Waals surface area contributed by atoms with E-state index in [0.29, 0.717) is 6.54 Å². The molecule has 1 aliphatic rings. The van der Waals surface area contributed by atoms with E-state index in [1.54, 1.807) is 0 Å². The SMILES string of the molecule is CC1CCCN1CC(F)(F)F. The van der Waals surface area contributed by atoms with Gasteiger partial charge in [0.1, 0.15) is 0 Å². The number of hydrogen-bond acceptors (Lipinski definition) is 1. The van der Waals surface area contributed by atoms with E-state index in [2.05, 4.69) is 0 Å². The van der Waals surface area contributed by atoms with Crippen LogP contribution in [0.15, 0.2) is 0 Å². The van der Waals surface area contributed by atoms with Gasteiger partial charge in [-0.05, 0) is 26.3 Å². The molecule has 1 unspecified atom stereocenters. The second kappa shape index (κ2) is 3.01. The second-order valence-corrected chi connectivity index (χ2v) is 3.08. The number of rotatable bonds is 1. The van der Waals surface area contributed by atoms with Crippen molar-refractivity contribution in [2.24, 2.45) is 0 Å². The maximum absolute atomic E-state index is 11.8. The van der Waals surface area contributed by atoms with Gasteiger partial charge in [0.05, 0.1) is 6.54 Å². The van der Waals surface area contributed by atoms with E-state index in [-0.39, 0.29) is 6.04 Å². The van der Waals surface area contributed by atoms with Gasteiger partial charge in [0, 0.05) is 6.04 Å². The third kappa shape index (κ3) is 2.69. The van der Waals surface area contributed by atoms with Crippen molar-refractivity contribution in [3.63, 3.8) is 0 Å². The first-order chi connectivity index (χ1) is 4.99. The van der Waals surface area contributed by atoms with Gasteiger partial charge in [-0.25, -0.2) is 0 Å². The van der Waals surface area contributed by atoms with Crippen LogP contribution in [0.25, 0.3) is 0 Å². The van der Waals surface area contributed by atoms with Gasteiger partial charge in [0.25, 0.3) is 0 Å². The predicted molar refractivity (Wildman–Crippen MR) is 36.3 cm³/mol. The van der Waals surface area contributed by atoms with Gasteiger partial charge in [-0.2, -0.15) is 13.2 Å². The highest BCUT2D eigenvalue weighted by atomic mass is 19.4. The Morgan fingerprint density at radius 1 is 1.45 bits per heavy atom. The smallest absolute Gasteiger partial charge is 0.292 e. The summed E-state index contributed by atoms with van der Waals surface area (Å²) in [6.07, 6.45) is -2.23.